The van der Waals surface area contributed by atoms with Crippen molar-refractivity contribution in [2.75, 3.05) is 0 Å². The number of furan rings is 1. The van der Waals surface area contributed by atoms with E-state index < -0.39 is 10.0 Å². The Labute approximate surface area is 101 Å². The number of nitrogens with one attached hydrogen (secondary N) is 1. The molecule has 0 atom stereocenters. The summed E-state index contributed by atoms with van der Waals surface area (Å²) in [6.45, 7) is 0.556. The molecule has 0 bridgehead atoms. The summed E-state index contributed by atoms with van der Waals surface area (Å²) in [4.78, 5) is 0. The molecule has 0 aliphatic heterocycles. The van der Waals surface area contributed by atoms with Crippen LogP contribution in [0.2, 0.25) is 0 Å². The van der Waals surface area contributed by atoms with Crippen LogP contribution in [0.1, 0.15) is 37.9 Å². The van der Waals surface area contributed by atoms with E-state index in [1.807, 2.05) is 0 Å². The Morgan fingerprint density at radius 2 is 2.00 bits per heavy atom. The standard InChI is InChI=1S/C11H18N2O3S/c12-17(14,15)11-7-6-10(16-11)8-13-9-4-2-1-3-5-9/h6-7,9,13H,1-5,8H2,(H2,12,14,15). The molecule has 1 aliphatic rings. The van der Waals surface area contributed by atoms with E-state index in [2.05, 4.69) is 5.32 Å². The van der Waals surface area contributed by atoms with Gasteiger partial charge in [0.05, 0.1) is 6.54 Å². The molecular weight excluding hydrogens is 240 g/mol. The van der Waals surface area contributed by atoms with E-state index in [1.165, 1.54) is 38.2 Å². The SMILES string of the molecule is NS(=O)(=O)c1ccc(CNC2CCCCC2)o1. The number of hydrogen-bond donors (Lipinski definition) is 2. The van der Waals surface area contributed by atoms with Crippen molar-refractivity contribution < 1.29 is 12.8 Å². The average molecular weight is 258 g/mol. The minimum Gasteiger partial charge on any atom is -0.447 e. The van der Waals surface area contributed by atoms with Crippen molar-refractivity contribution in [2.45, 2.75) is 49.8 Å². The van der Waals surface area contributed by atoms with Gasteiger partial charge in [-0.05, 0) is 25.0 Å². The summed E-state index contributed by atoms with van der Waals surface area (Å²) in [7, 11) is -3.72. The predicted octanol–water partition coefficient (Wildman–Crippen LogP) is 1.35. The summed E-state index contributed by atoms with van der Waals surface area (Å²) in [5.74, 6) is 0.611. The molecule has 1 saturated carbocycles. The second-order valence-corrected chi connectivity index (χ2v) is 5.97. The summed E-state index contributed by atoms with van der Waals surface area (Å²) in [6, 6.07) is 3.56. The third-order valence-electron chi connectivity index (χ3n) is 3.09. The minimum atomic E-state index is -3.72. The summed E-state index contributed by atoms with van der Waals surface area (Å²) in [5.41, 5.74) is 0. The normalized spacial score (nSPS) is 18.4. The van der Waals surface area contributed by atoms with E-state index >= 15 is 0 Å². The van der Waals surface area contributed by atoms with Crippen LogP contribution in [0.15, 0.2) is 21.6 Å². The average Bonchev–Trinajstić information content (AvgIpc) is 2.76. The molecule has 6 heteroatoms. The van der Waals surface area contributed by atoms with Crippen LogP contribution in [0, 0.1) is 0 Å². The highest BCUT2D eigenvalue weighted by molar-refractivity contribution is 7.89. The van der Waals surface area contributed by atoms with Gasteiger partial charge in [0.15, 0.2) is 0 Å². The van der Waals surface area contributed by atoms with Gasteiger partial charge < -0.3 is 9.73 Å². The third kappa shape index (κ3) is 3.55. The van der Waals surface area contributed by atoms with Crippen LogP contribution < -0.4 is 10.5 Å². The maximum atomic E-state index is 11.0. The fourth-order valence-corrected chi connectivity index (χ4v) is 2.64. The molecule has 2 rings (SSSR count). The molecule has 96 valence electrons. The topological polar surface area (TPSA) is 85.3 Å². The van der Waals surface area contributed by atoms with Crippen LogP contribution in [-0.4, -0.2) is 14.5 Å². The first-order chi connectivity index (χ1) is 8.05. The van der Waals surface area contributed by atoms with Crippen LogP contribution in [0.5, 0.6) is 0 Å². The van der Waals surface area contributed by atoms with Gasteiger partial charge in [-0.3, -0.25) is 0 Å². The summed E-state index contributed by atoms with van der Waals surface area (Å²) < 4.78 is 27.2. The molecule has 1 fully saturated rings. The van der Waals surface area contributed by atoms with Crippen LogP contribution >= 0.6 is 0 Å². The smallest absolute Gasteiger partial charge is 0.271 e. The van der Waals surface area contributed by atoms with Crippen molar-refractivity contribution >= 4 is 10.0 Å². The summed E-state index contributed by atoms with van der Waals surface area (Å²) in [5, 5.41) is 8.17. The van der Waals surface area contributed by atoms with Gasteiger partial charge in [-0.2, -0.15) is 0 Å². The van der Waals surface area contributed by atoms with E-state index in [9.17, 15) is 8.42 Å². The van der Waals surface area contributed by atoms with E-state index in [0.717, 1.165) is 0 Å². The molecule has 0 radical (unpaired) electrons. The van der Waals surface area contributed by atoms with E-state index in [4.69, 9.17) is 9.56 Å². The fraction of sp³-hybridized carbons (Fsp3) is 0.636. The van der Waals surface area contributed by atoms with Crippen molar-refractivity contribution in [1.82, 2.24) is 5.32 Å². The van der Waals surface area contributed by atoms with E-state index in [0.29, 0.717) is 18.3 Å². The maximum Gasteiger partial charge on any atom is 0.271 e. The molecular formula is C11H18N2O3S. The van der Waals surface area contributed by atoms with E-state index in [-0.39, 0.29) is 5.09 Å². The van der Waals surface area contributed by atoms with Crippen molar-refractivity contribution in [1.29, 1.82) is 0 Å². The highest BCUT2D eigenvalue weighted by Crippen LogP contribution is 2.18. The van der Waals surface area contributed by atoms with Gasteiger partial charge in [0, 0.05) is 6.04 Å². The second-order valence-electron chi connectivity index (χ2n) is 4.48. The zero-order valence-corrected chi connectivity index (χ0v) is 10.5. The van der Waals surface area contributed by atoms with Crippen molar-refractivity contribution in [3.05, 3.63) is 17.9 Å². The van der Waals surface area contributed by atoms with Gasteiger partial charge in [-0.1, -0.05) is 19.3 Å². The van der Waals surface area contributed by atoms with Gasteiger partial charge in [0.25, 0.3) is 10.0 Å². The Hall–Kier alpha value is -0.850. The van der Waals surface area contributed by atoms with Gasteiger partial charge in [-0.15, -0.1) is 0 Å². The van der Waals surface area contributed by atoms with Gasteiger partial charge >= 0.3 is 0 Å². The monoisotopic (exact) mass is 258 g/mol. The molecule has 17 heavy (non-hydrogen) atoms. The summed E-state index contributed by atoms with van der Waals surface area (Å²) in [6.07, 6.45) is 6.20. The number of hydrogen-bond acceptors (Lipinski definition) is 4. The lowest BCUT2D eigenvalue weighted by atomic mass is 9.95. The number of sulfonamides is 1. The number of nitrogens with two attached hydrogens (primary N) is 1. The predicted molar refractivity (Wildman–Crippen MR) is 63.8 cm³/mol. The Morgan fingerprint density at radius 1 is 1.29 bits per heavy atom. The zero-order chi connectivity index (χ0) is 12.3. The van der Waals surface area contributed by atoms with Crippen molar-refractivity contribution in [2.24, 2.45) is 5.14 Å². The molecule has 5 nitrogen and oxygen atoms in total. The second kappa shape index (κ2) is 5.20. The molecule has 0 unspecified atom stereocenters. The van der Waals surface area contributed by atoms with Crippen molar-refractivity contribution in [3.63, 3.8) is 0 Å². The number of primary sulfonamides is 1. The lowest BCUT2D eigenvalue weighted by Crippen LogP contribution is -2.30. The first-order valence-electron chi connectivity index (χ1n) is 5.90. The van der Waals surface area contributed by atoms with Crippen LogP contribution in [0.4, 0.5) is 0 Å². The first-order valence-corrected chi connectivity index (χ1v) is 7.45. The zero-order valence-electron chi connectivity index (χ0n) is 9.69. The third-order valence-corrected chi connectivity index (χ3v) is 3.87. The van der Waals surface area contributed by atoms with Gasteiger partial charge in [0.2, 0.25) is 5.09 Å². The molecule has 1 aliphatic carbocycles. The Morgan fingerprint density at radius 3 is 2.59 bits per heavy atom. The quantitative estimate of drug-likeness (QED) is 0.853. The molecule has 0 saturated heterocycles. The van der Waals surface area contributed by atoms with Crippen molar-refractivity contribution in [3.8, 4) is 0 Å². The van der Waals surface area contributed by atoms with Crippen LogP contribution in [-0.2, 0) is 16.6 Å². The minimum absolute atomic E-state index is 0.169. The summed E-state index contributed by atoms with van der Waals surface area (Å²) >= 11 is 0. The van der Waals surface area contributed by atoms with Crippen LogP contribution in [0.3, 0.4) is 0 Å². The molecule has 0 amide bonds. The van der Waals surface area contributed by atoms with Gasteiger partial charge in [0.1, 0.15) is 5.76 Å². The molecule has 0 aromatic carbocycles. The highest BCUT2D eigenvalue weighted by atomic mass is 32.2. The first kappa shape index (κ1) is 12.6. The Kier molecular flexibility index (Phi) is 3.86. The Balaban J connectivity index is 1.89. The largest absolute Gasteiger partial charge is 0.447 e. The molecule has 1 heterocycles. The maximum absolute atomic E-state index is 11.0. The number of rotatable bonds is 4. The molecule has 1 aromatic rings. The lowest BCUT2D eigenvalue weighted by molar-refractivity contribution is 0.343. The molecule has 1 aromatic heterocycles. The van der Waals surface area contributed by atoms with Crippen LogP contribution in [0.25, 0.3) is 0 Å². The molecule has 3 N–H and O–H groups in total. The highest BCUT2D eigenvalue weighted by Gasteiger charge is 2.15. The Bertz CT molecular complexity index is 461. The fourth-order valence-electron chi connectivity index (χ4n) is 2.16. The molecule has 0 spiro atoms. The van der Waals surface area contributed by atoms with Gasteiger partial charge in [-0.25, -0.2) is 13.6 Å². The van der Waals surface area contributed by atoms with E-state index in [1.54, 1.807) is 6.07 Å². The lowest BCUT2D eigenvalue weighted by Gasteiger charge is -2.22.